The van der Waals surface area contributed by atoms with Gasteiger partial charge in [-0.2, -0.15) is 0 Å². The Kier molecular flexibility index (Phi) is 4.69. The van der Waals surface area contributed by atoms with Gasteiger partial charge in [-0.1, -0.05) is 47.5 Å². The Morgan fingerprint density at radius 1 is 1.12 bits per heavy atom. The Balaban J connectivity index is 1.76. The van der Waals surface area contributed by atoms with E-state index in [4.69, 9.17) is 16.3 Å². The number of hydrogen-bond acceptors (Lipinski definition) is 4. The molecule has 0 aliphatic rings. The van der Waals surface area contributed by atoms with Gasteiger partial charge in [0.15, 0.2) is 6.61 Å². The molecule has 0 N–H and O–H groups in total. The molecule has 0 saturated heterocycles. The smallest absolute Gasteiger partial charge is 0.350 e. The van der Waals surface area contributed by atoms with Crippen molar-refractivity contribution in [2.75, 3.05) is 6.61 Å². The minimum Gasteiger partial charge on any atom is -0.453 e. The van der Waals surface area contributed by atoms with Gasteiger partial charge in [0.2, 0.25) is 5.78 Å². The summed E-state index contributed by atoms with van der Waals surface area (Å²) in [7, 11) is 0. The van der Waals surface area contributed by atoms with Crippen LogP contribution in [-0.4, -0.2) is 18.4 Å². The lowest BCUT2D eigenvalue weighted by Gasteiger charge is -2.07. The number of Topliss-reactive ketones (excluding diaryl/α,β-unsaturated/α-hetero) is 1. The number of carbonyl (C=O) groups is 2. The van der Waals surface area contributed by atoms with Crippen molar-refractivity contribution >= 4 is 44.8 Å². The number of ketones is 1. The Morgan fingerprint density at radius 2 is 1.88 bits per heavy atom. The van der Waals surface area contributed by atoms with Crippen molar-refractivity contribution in [1.82, 2.24) is 0 Å². The number of fused-ring (bicyclic) bond motifs is 1. The Labute approximate surface area is 148 Å². The Hall–Kier alpha value is -2.17. The third-order valence-electron chi connectivity index (χ3n) is 3.75. The lowest BCUT2D eigenvalue weighted by molar-refractivity contribution is 0.0479. The van der Waals surface area contributed by atoms with Crippen molar-refractivity contribution in [1.29, 1.82) is 0 Å². The van der Waals surface area contributed by atoms with Gasteiger partial charge >= 0.3 is 5.97 Å². The molecule has 0 radical (unpaired) electrons. The number of carbonyl (C=O) groups excluding carboxylic acids is 2. The maximum Gasteiger partial charge on any atom is 0.350 e. The molecule has 0 spiro atoms. The van der Waals surface area contributed by atoms with Crippen molar-refractivity contribution in [3.63, 3.8) is 0 Å². The zero-order valence-corrected chi connectivity index (χ0v) is 14.8. The molecule has 3 rings (SSSR count). The van der Waals surface area contributed by atoms with Gasteiger partial charge in [0.05, 0.1) is 5.02 Å². The molecule has 0 aliphatic heterocycles. The molecule has 5 heteroatoms. The molecule has 122 valence electrons. The topological polar surface area (TPSA) is 43.4 Å². The molecule has 0 fully saturated rings. The van der Waals surface area contributed by atoms with Crippen LogP contribution in [0.5, 0.6) is 0 Å². The van der Waals surface area contributed by atoms with Crippen LogP contribution in [0.25, 0.3) is 10.1 Å². The summed E-state index contributed by atoms with van der Waals surface area (Å²) in [5.41, 5.74) is 2.43. The van der Waals surface area contributed by atoms with Gasteiger partial charge in [0, 0.05) is 15.6 Å². The molecule has 1 aromatic heterocycles. The summed E-state index contributed by atoms with van der Waals surface area (Å²) in [6.07, 6.45) is 0. The highest BCUT2D eigenvalue weighted by molar-refractivity contribution is 7.21. The van der Waals surface area contributed by atoms with E-state index in [1.807, 2.05) is 50.2 Å². The van der Waals surface area contributed by atoms with Crippen molar-refractivity contribution in [3.8, 4) is 0 Å². The standard InChI is InChI=1S/C19H15ClO3S/c1-11-7-8-12(2)14(9-11)15(21)10-23-19(22)18-17(20)13-5-3-4-6-16(13)24-18/h3-9H,10H2,1-2H3. The van der Waals surface area contributed by atoms with E-state index in [2.05, 4.69) is 0 Å². The molecule has 2 aromatic carbocycles. The molecule has 0 aliphatic carbocycles. The molecule has 0 amide bonds. The quantitative estimate of drug-likeness (QED) is 0.475. The minimum absolute atomic E-state index is 0.221. The summed E-state index contributed by atoms with van der Waals surface area (Å²) in [6.45, 7) is 3.48. The summed E-state index contributed by atoms with van der Waals surface area (Å²) >= 11 is 7.52. The highest BCUT2D eigenvalue weighted by Crippen LogP contribution is 2.35. The average molecular weight is 359 g/mol. The first-order valence-corrected chi connectivity index (χ1v) is 8.61. The normalized spacial score (nSPS) is 10.8. The molecule has 24 heavy (non-hydrogen) atoms. The zero-order chi connectivity index (χ0) is 17.3. The van der Waals surface area contributed by atoms with E-state index in [9.17, 15) is 9.59 Å². The third kappa shape index (κ3) is 3.21. The van der Waals surface area contributed by atoms with Gasteiger partial charge in [-0.05, 0) is 31.5 Å². The summed E-state index contributed by atoms with van der Waals surface area (Å²) < 4.78 is 6.10. The third-order valence-corrected chi connectivity index (χ3v) is 5.40. The second-order valence-corrected chi connectivity index (χ2v) is 6.99. The van der Waals surface area contributed by atoms with E-state index >= 15 is 0 Å². The second-order valence-electron chi connectivity index (χ2n) is 5.56. The van der Waals surface area contributed by atoms with Gasteiger partial charge in [-0.15, -0.1) is 11.3 Å². The fourth-order valence-electron chi connectivity index (χ4n) is 2.46. The number of ether oxygens (including phenoxy) is 1. The fourth-order valence-corrected chi connectivity index (χ4v) is 3.86. The number of aryl methyl sites for hydroxylation is 2. The number of esters is 1. The zero-order valence-electron chi connectivity index (χ0n) is 13.3. The van der Waals surface area contributed by atoms with Gasteiger partial charge < -0.3 is 4.74 Å². The SMILES string of the molecule is Cc1ccc(C)c(C(=O)COC(=O)c2sc3ccccc3c2Cl)c1. The van der Waals surface area contributed by atoms with Crippen LogP contribution in [0.2, 0.25) is 5.02 Å². The molecule has 0 unspecified atom stereocenters. The van der Waals surface area contributed by atoms with Crippen molar-refractivity contribution in [2.45, 2.75) is 13.8 Å². The van der Waals surface area contributed by atoms with Crippen LogP contribution in [0.15, 0.2) is 42.5 Å². The summed E-state index contributed by atoms with van der Waals surface area (Å²) in [4.78, 5) is 24.9. The van der Waals surface area contributed by atoms with Gasteiger partial charge in [-0.25, -0.2) is 4.79 Å². The first kappa shape index (κ1) is 16.7. The van der Waals surface area contributed by atoms with E-state index in [1.54, 1.807) is 6.07 Å². The predicted molar refractivity (Wildman–Crippen MR) is 97.4 cm³/mol. The Morgan fingerprint density at radius 3 is 2.62 bits per heavy atom. The molecular weight excluding hydrogens is 344 g/mol. The fraction of sp³-hybridized carbons (Fsp3) is 0.158. The first-order chi connectivity index (χ1) is 11.5. The number of thiophene rings is 1. The largest absolute Gasteiger partial charge is 0.453 e. The summed E-state index contributed by atoms with van der Waals surface area (Å²) in [5, 5.41) is 1.19. The van der Waals surface area contributed by atoms with Crippen LogP contribution in [0, 0.1) is 13.8 Å². The summed E-state index contributed by atoms with van der Waals surface area (Å²) in [5.74, 6) is -0.790. The van der Waals surface area contributed by atoms with Crippen molar-refractivity contribution in [2.24, 2.45) is 0 Å². The Bertz CT molecular complexity index is 943. The van der Waals surface area contributed by atoms with Crippen LogP contribution in [0.1, 0.15) is 31.2 Å². The van der Waals surface area contributed by atoms with Gasteiger partial charge in [-0.3, -0.25) is 4.79 Å². The highest BCUT2D eigenvalue weighted by atomic mass is 35.5. The van der Waals surface area contributed by atoms with E-state index in [-0.39, 0.29) is 12.4 Å². The van der Waals surface area contributed by atoms with Gasteiger partial charge in [0.25, 0.3) is 0 Å². The molecule has 3 aromatic rings. The predicted octanol–water partition coefficient (Wildman–Crippen LogP) is 5.21. The molecule has 0 saturated carbocycles. The maximum atomic E-state index is 12.3. The number of rotatable bonds is 4. The lowest BCUT2D eigenvalue weighted by atomic mass is 10.0. The monoisotopic (exact) mass is 358 g/mol. The molecule has 0 bridgehead atoms. The first-order valence-electron chi connectivity index (χ1n) is 7.42. The van der Waals surface area contributed by atoms with Crippen molar-refractivity contribution < 1.29 is 14.3 Å². The highest BCUT2D eigenvalue weighted by Gasteiger charge is 2.20. The van der Waals surface area contributed by atoms with E-state index < -0.39 is 5.97 Å². The van der Waals surface area contributed by atoms with Gasteiger partial charge in [0.1, 0.15) is 4.88 Å². The van der Waals surface area contributed by atoms with Crippen LogP contribution >= 0.6 is 22.9 Å². The number of hydrogen-bond donors (Lipinski definition) is 0. The molecular formula is C19H15ClO3S. The number of benzene rings is 2. The van der Waals surface area contributed by atoms with E-state index in [1.165, 1.54) is 11.3 Å². The van der Waals surface area contributed by atoms with Crippen LogP contribution in [0.3, 0.4) is 0 Å². The second kappa shape index (κ2) is 6.75. The molecule has 1 heterocycles. The molecule has 3 nitrogen and oxygen atoms in total. The van der Waals surface area contributed by atoms with Crippen molar-refractivity contribution in [3.05, 3.63) is 69.1 Å². The van der Waals surface area contributed by atoms with E-state index in [0.29, 0.717) is 15.5 Å². The van der Waals surface area contributed by atoms with E-state index in [0.717, 1.165) is 21.2 Å². The van der Waals surface area contributed by atoms with Crippen LogP contribution < -0.4 is 0 Å². The maximum absolute atomic E-state index is 12.3. The number of halogens is 1. The average Bonchev–Trinajstić information content (AvgIpc) is 2.92. The van der Waals surface area contributed by atoms with Crippen LogP contribution in [-0.2, 0) is 4.74 Å². The minimum atomic E-state index is -0.570. The molecule has 0 atom stereocenters. The lowest BCUT2D eigenvalue weighted by Crippen LogP contribution is -2.15. The summed E-state index contributed by atoms with van der Waals surface area (Å²) in [6, 6.07) is 13.1. The van der Waals surface area contributed by atoms with Crippen LogP contribution in [0.4, 0.5) is 0 Å².